The van der Waals surface area contributed by atoms with Gasteiger partial charge in [-0.2, -0.15) is 0 Å². The minimum atomic E-state index is 0.202. The second kappa shape index (κ2) is 11.7. The topological polar surface area (TPSA) is 12.4 Å². The largest absolute Gasteiger partial charge is 0.252 e. The van der Waals surface area contributed by atoms with Crippen LogP contribution in [-0.4, -0.2) is 5.71 Å². The number of thiophene rings is 1. The molecule has 0 amide bonds. The van der Waals surface area contributed by atoms with Crippen molar-refractivity contribution in [2.75, 3.05) is 0 Å². The van der Waals surface area contributed by atoms with Gasteiger partial charge in [-0.25, -0.2) is 0 Å². The average molecular weight is 634 g/mol. The first-order valence-corrected chi connectivity index (χ1v) is 17.7. The van der Waals surface area contributed by atoms with Crippen LogP contribution in [0.4, 0.5) is 0 Å². The Labute approximate surface area is 285 Å². The molecule has 48 heavy (non-hydrogen) atoms. The monoisotopic (exact) mass is 633 g/mol. The molecule has 0 saturated heterocycles. The van der Waals surface area contributed by atoms with Gasteiger partial charge in [0.05, 0.1) is 11.4 Å². The highest BCUT2D eigenvalue weighted by molar-refractivity contribution is 7.26. The summed E-state index contributed by atoms with van der Waals surface area (Å²) < 4.78 is 2.74. The van der Waals surface area contributed by atoms with Gasteiger partial charge in [-0.15, -0.1) is 11.3 Å². The molecule has 2 heteroatoms. The van der Waals surface area contributed by atoms with Crippen molar-refractivity contribution < 1.29 is 0 Å². The molecule has 9 rings (SSSR count). The lowest BCUT2D eigenvalue weighted by molar-refractivity contribution is 0.578. The van der Waals surface area contributed by atoms with Gasteiger partial charge in [0.25, 0.3) is 0 Å². The number of nitrogens with zero attached hydrogens (tertiary/aromatic N) is 1. The van der Waals surface area contributed by atoms with Crippen molar-refractivity contribution in [2.45, 2.75) is 26.2 Å². The Kier molecular flexibility index (Phi) is 7.06. The van der Waals surface area contributed by atoms with Crippen molar-refractivity contribution in [1.29, 1.82) is 0 Å². The maximum atomic E-state index is 5.57. The van der Waals surface area contributed by atoms with E-state index in [0.717, 1.165) is 17.8 Å². The standard InChI is InChI=1S/C46H35NS/c1-29-27-41(39-17-10-18-42-43(39)40-26-25-33-12-8-9-16-38(33)46(40)48-42)30(2)45(47-44(29)34-13-4-3-5-14-34)35-22-19-32(20-23-35)37-24-21-31-11-6-7-15-36(31)28-37/h3-26,28,30,41H,27H2,1-2H3. The normalized spacial score (nSPS) is 16.9. The molecule has 1 nitrogen and oxygen atoms in total. The van der Waals surface area contributed by atoms with Crippen LogP contribution in [0.5, 0.6) is 0 Å². The molecule has 1 aliphatic heterocycles. The zero-order valence-corrected chi connectivity index (χ0v) is 28.0. The lowest BCUT2D eigenvalue weighted by atomic mass is 9.77. The zero-order valence-electron chi connectivity index (χ0n) is 27.2. The molecule has 230 valence electrons. The van der Waals surface area contributed by atoms with Gasteiger partial charge in [-0.3, -0.25) is 4.99 Å². The molecular weight excluding hydrogens is 599 g/mol. The molecule has 0 aliphatic carbocycles. The fourth-order valence-electron chi connectivity index (χ4n) is 7.82. The molecule has 8 aromatic rings. The number of hydrogen-bond donors (Lipinski definition) is 0. The Hall–Kier alpha value is -5.31. The molecule has 0 radical (unpaired) electrons. The van der Waals surface area contributed by atoms with Crippen LogP contribution in [0.2, 0.25) is 0 Å². The first-order chi connectivity index (χ1) is 23.6. The van der Waals surface area contributed by atoms with E-state index in [-0.39, 0.29) is 11.8 Å². The van der Waals surface area contributed by atoms with E-state index in [1.54, 1.807) is 0 Å². The molecule has 0 spiro atoms. The first kappa shape index (κ1) is 28.9. The maximum Gasteiger partial charge on any atom is 0.0695 e. The van der Waals surface area contributed by atoms with E-state index >= 15 is 0 Å². The molecule has 1 aromatic heterocycles. The van der Waals surface area contributed by atoms with E-state index in [9.17, 15) is 0 Å². The summed E-state index contributed by atoms with van der Waals surface area (Å²) in [5.41, 5.74) is 9.85. The third-order valence-electron chi connectivity index (χ3n) is 10.3. The van der Waals surface area contributed by atoms with Crippen LogP contribution in [0, 0.1) is 5.92 Å². The molecule has 7 aromatic carbocycles. The Balaban J connectivity index is 1.19. The molecule has 0 N–H and O–H groups in total. The SMILES string of the molecule is CC1=C(c2ccccc2)N=C(c2ccc(-c3ccc4ccccc4c3)cc2)C(C)C(c2cccc3sc4c5ccccc5ccc4c23)C1. The van der Waals surface area contributed by atoms with Crippen LogP contribution < -0.4 is 0 Å². The first-order valence-electron chi connectivity index (χ1n) is 16.9. The Morgan fingerprint density at radius 3 is 2.08 bits per heavy atom. The second-order valence-corrected chi connectivity index (χ2v) is 14.3. The number of benzene rings is 7. The number of hydrogen-bond acceptors (Lipinski definition) is 2. The number of rotatable bonds is 4. The molecule has 0 bridgehead atoms. The van der Waals surface area contributed by atoms with E-state index in [1.807, 2.05) is 11.3 Å². The number of fused-ring (bicyclic) bond motifs is 6. The van der Waals surface area contributed by atoms with Crippen molar-refractivity contribution in [3.05, 3.63) is 174 Å². The Morgan fingerprint density at radius 1 is 0.562 bits per heavy atom. The second-order valence-electron chi connectivity index (χ2n) is 13.2. The molecule has 1 aliphatic rings. The molecular formula is C46H35NS. The predicted molar refractivity (Wildman–Crippen MR) is 208 cm³/mol. The van der Waals surface area contributed by atoms with Gasteiger partial charge < -0.3 is 0 Å². The molecule has 2 unspecified atom stereocenters. The summed E-state index contributed by atoms with van der Waals surface area (Å²) in [6, 6.07) is 55.5. The zero-order chi connectivity index (χ0) is 32.2. The van der Waals surface area contributed by atoms with Crippen LogP contribution in [0.15, 0.2) is 162 Å². The quantitative estimate of drug-likeness (QED) is 0.183. The van der Waals surface area contributed by atoms with E-state index in [2.05, 4.69) is 166 Å². The van der Waals surface area contributed by atoms with Gasteiger partial charge in [-0.1, -0.05) is 146 Å². The summed E-state index contributed by atoms with van der Waals surface area (Å²) in [5.74, 6) is 0.479. The fraction of sp³-hybridized carbons (Fsp3) is 0.109. The van der Waals surface area contributed by atoms with Gasteiger partial charge in [0, 0.05) is 31.7 Å². The van der Waals surface area contributed by atoms with Crippen molar-refractivity contribution in [1.82, 2.24) is 0 Å². The minimum absolute atomic E-state index is 0.202. The van der Waals surface area contributed by atoms with Crippen molar-refractivity contribution in [3.8, 4) is 11.1 Å². The smallest absolute Gasteiger partial charge is 0.0695 e. The Bertz CT molecular complexity index is 2550. The predicted octanol–water partition coefficient (Wildman–Crippen LogP) is 13.1. The summed E-state index contributed by atoms with van der Waals surface area (Å²) in [4.78, 5) is 5.57. The summed E-state index contributed by atoms with van der Waals surface area (Å²) in [6.45, 7) is 4.68. The third-order valence-corrected chi connectivity index (χ3v) is 11.5. The van der Waals surface area contributed by atoms with E-state index < -0.39 is 0 Å². The minimum Gasteiger partial charge on any atom is -0.252 e. The summed E-state index contributed by atoms with van der Waals surface area (Å²) in [6.07, 6.45) is 0.956. The van der Waals surface area contributed by atoms with E-state index in [4.69, 9.17) is 4.99 Å². The van der Waals surface area contributed by atoms with Gasteiger partial charge >= 0.3 is 0 Å². The van der Waals surface area contributed by atoms with Crippen LogP contribution >= 0.6 is 11.3 Å². The van der Waals surface area contributed by atoms with Crippen LogP contribution in [0.25, 0.3) is 58.5 Å². The van der Waals surface area contributed by atoms with Crippen molar-refractivity contribution in [2.24, 2.45) is 10.9 Å². The van der Waals surface area contributed by atoms with Gasteiger partial charge in [0.15, 0.2) is 0 Å². The van der Waals surface area contributed by atoms with E-state index in [1.165, 1.54) is 75.1 Å². The van der Waals surface area contributed by atoms with Crippen LogP contribution in [0.1, 0.15) is 42.9 Å². The summed E-state index contributed by atoms with van der Waals surface area (Å²) in [7, 11) is 0. The van der Waals surface area contributed by atoms with Gasteiger partial charge in [0.1, 0.15) is 0 Å². The number of aliphatic imine (C=N–C) groups is 1. The average Bonchev–Trinajstić information content (AvgIpc) is 3.48. The summed E-state index contributed by atoms with van der Waals surface area (Å²) in [5, 5.41) is 7.94. The van der Waals surface area contributed by atoms with Crippen molar-refractivity contribution in [3.63, 3.8) is 0 Å². The maximum absolute atomic E-state index is 5.57. The lowest BCUT2D eigenvalue weighted by Crippen LogP contribution is -2.20. The highest BCUT2D eigenvalue weighted by Crippen LogP contribution is 2.47. The highest BCUT2D eigenvalue weighted by Gasteiger charge is 2.31. The molecule has 0 fully saturated rings. The van der Waals surface area contributed by atoms with E-state index in [0.29, 0.717) is 0 Å². The third kappa shape index (κ3) is 4.87. The molecule has 2 atom stereocenters. The lowest BCUT2D eigenvalue weighted by Gasteiger charge is -2.26. The molecule has 2 heterocycles. The van der Waals surface area contributed by atoms with Gasteiger partial charge in [-0.05, 0) is 80.8 Å². The highest BCUT2D eigenvalue weighted by atomic mass is 32.1. The van der Waals surface area contributed by atoms with Gasteiger partial charge in [0.2, 0.25) is 0 Å². The Morgan fingerprint density at radius 2 is 1.25 bits per heavy atom. The summed E-state index contributed by atoms with van der Waals surface area (Å²) >= 11 is 1.93. The molecule has 0 saturated carbocycles. The number of allylic oxidation sites excluding steroid dienone is 1. The fourth-order valence-corrected chi connectivity index (χ4v) is 9.09. The van der Waals surface area contributed by atoms with Crippen LogP contribution in [-0.2, 0) is 0 Å². The van der Waals surface area contributed by atoms with Crippen LogP contribution in [0.3, 0.4) is 0 Å². The van der Waals surface area contributed by atoms with Crippen molar-refractivity contribution >= 4 is 64.5 Å².